The highest BCUT2D eigenvalue weighted by atomic mass is 15.1. The molecular weight excluding hydrogens is 222 g/mol. The van der Waals surface area contributed by atoms with Gasteiger partial charge in [0.05, 0.1) is 0 Å². The van der Waals surface area contributed by atoms with Gasteiger partial charge in [0.1, 0.15) is 0 Å². The normalized spacial score (nSPS) is 15.3. The summed E-state index contributed by atoms with van der Waals surface area (Å²) in [7, 11) is 0. The number of anilines is 1. The van der Waals surface area contributed by atoms with Crippen LogP contribution in [-0.2, 0) is 19.5 Å². The maximum Gasteiger partial charge on any atom is 0.0317 e. The molecule has 0 spiro atoms. The molecule has 18 heavy (non-hydrogen) atoms. The largest absolute Gasteiger partial charge is 0.399 e. The van der Waals surface area contributed by atoms with Crippen molar-refractivity contribution in [2.75, 3.05) is 12.3 Å². The third-order valence-corrected chi connectivity index (χ3v) is 3.45. The zero-order chi connectivity index (χ0) is 12.4. The van der Waals surface area contributed by atoms with Crippen LogP contribution in [-0.4, -0.2) is 16.4 Å². The van der Waals surface area contributed by atoms with E-state index in [1.165, 1.54) is 16.7 Å². The van der Waals surface area contributed by atoms with Crippen molar-refractivity contribution in [1.82, 2.24) is 9.88 Å². The molecule has 3 nitrogen and oxygen atoms in total. The van der Waals surface area contributed by atoms with Gasteiger partial charge in [-0.05, 0) is 41.3 Å². The SMILES string of the molecule is Nc1ccc2c(c1)CN(Cc1cccnc1)CC2. The lowest BCUT2D eigenvalue weighted by Crippen LogP contribution is -2.30. The number of nitrogen functional groups attached to an aromatic ring is 1. The van der Waals surface area contributed by atoms with Crippen molar-refractivity contribution in [1.29, 1.82) is 0 Å². The minimum Gasteiger partial charge on any atom is -0.399 e. The van der Waals surface area contributed by atoms with Crippen molar-refractivity contribution < 1.29 is 0 Å². The Morgan fingerprint density at radius 2 is 2.17 bits per heavy atom. The number of nitrogens with two attached hydrogens (primary N) is 1. The molecule has 1 aliphatic heterocycles. The fourth-order valence-electron chi connectivity index (χ4n) is 2.52. The maximum absolute atomic E-state index is 5.85. The maximum atomic E-state index is 5.85. The van der Waals surface area contributed by atoms with Gasteiger partial charge in [0.2, 0.25) is 0 Å². The van der Waals surface area contributed by atoms with Crippen molar-refractivity contribution in [3.63, 3.8) is 0 Å². The molecule has 0 aliphatic carbocycles. The second-order valence-electron chi connectivity index (χ2n) is 4.85. The lowest BCUT2D eigenvalue weighted by atomic mass is 9.99. The number of fused-ring (bicyclic) bond motifs is 1. The molecule has 1 aliphatic rings. The van der Waals surface area contributed by atoms with Crippen LogP contribution in [0.5, 0.6) is 0 Å². The van der Waals surface area contributed by atoms with Gasteiger partial charge in [-0.2, -0.15) is 0 Å². The molecule has 0 radical (unpaired) electrons. The predicted octanol–water partition coefficient (Wildman–Crippen LogP) is 2.22. The lowest BCUT2D eigenvalue weighted by molar-refractivity contribution is 0.245. The number of hydrogen-bond acceptors (Lipinski definition) is 3. The molecule has 0 atom stereocenters. The Balaban J connectivity index is 1.75. The smallest absolute Gasteiger partial charge is 0.0317 e. The van der Waals surface area contributed by atoms with Crippen LogP contribution in [0.15, 0.2) is 42.7 Å². The topological polar surface area (TPSA) is 42.1 Å². The van der Waals surface area contributed by atoms with Gasteiger partial charge in [-0.25, -0.2) is 0 Å². The lowest BCUT2D eigenvalue weighted by Gasteiger charge is -2.28. The number of nitrogens with zero attached hydrogens (tertiary/aromatic N) is 2. The van der Waals surface area contributed by atoms with Crippen LogP contribution in [0.1, 0.15) is 16.7 Å². The average Bonchev–Trinajstić information content (AvgIpc) is 2.39. The molecule has 0 unspecified atom stereocenters. The molecule has 0 fully saturated rings. The summed E-state index contributed by atoms with van der Waals surface area (Å²) in [5.41, 5.74) is 10.8. The van der Waals surface area contributed by atoms with Gasteiger partial charge in [0.15, 0.2) is 0 Å². The molecule has 0 amide bonds. The summed E-state index contributed by atoms with van der Waals surface area (Å²) in [5, 5.41) is 0. The number of aromatic nitrogens is 1. The zero-order valence-corrected chi connectivity index (χ0v) is 10.3. The van der Waals surface area contributed by atoms with E-state index in [2.05, 4.69) is 28.1 Å². The monoisotopic (exact) mass is 239 g/mol. The van der Waals surface area contributed by atoms with Crippen molar-refractivity contribution in [3.05, 3.63) is 59.4 Å². The number of pyridine rings is 1. The van der Waals surface area contributed by atoms with Crippen LogP contribution in [0.2, 0.25) is 0 Å². The molecule has 1 aromatic heterocycles. The van der Waals surface area contributed by atoms with Crippen molar-refractivity contribution >= 4 is 5.69 Å². The summed E-state index contributed by atoms with van der Waals surface area (Å²) in [6.45, 7) is 3.04. The molecule has 3 heteroatoms. The van der Waals surface area contributed by atoms with Gasteiger partial charge in [-0.3, -0.25) is 9.88 Å². The second-order valence-corrected chi connectivity index (χ2v) is 4.85. The summed E-state index contributed by atoms with van der Waals surface area (Å²) in [6.07, 6.45) is 4.86. The van der Waals surface area contributed by atoms with E-state index in [1.54, 1.807) is 0 Å². The molecule has 1 aromatic carbocycles. The second kappa shape index (κ2) is 4.78. The van der Waals surface area contributed by atoms with E-state index < -0.39 is 0 Å². The zero-order valence-electron chi connectivity index (χ0n) is 10.3. The van der Waals surface area contributed by atoms with Gasteiger partial charge in [0.25, 0.3) is 0 Å². The molecular formula is C15H17N3. The van der Waals surface area contributed by atoms with E-state index in [9.17, 15) is 0 Å². The highest BCUT2D eigenvalue weighted by molar-refractivity contribution is 5.45. The molecule has 0 saturated carbocycles. The highest BCUT2D eigenvalue weighted by Gasteiger charge is 2.16. The molecule has 2 N–H and O–H groups in total. The molecule has 0 saturated heterocycles. The van der Waals surface area contributed by atoms with Gasteiger partial charge in [-0.1, -0.05) is 12.1 Å². The number of hydrogen-bond donors (Lipinski definition) is 1. The first-order valence-corrected chi connectivity index (χ1v) is 6.30. The minimum atomic E-state index is 0.858. The predicted molar refractivity (Wildman–Crippen MR) is 72.9 cm³/mol. The average molecular weight is 239 g/mol. The van der Waals surface area contributed by atoms with E-state index in [1.807, 2.05) is 24.5 Å². The Morgan fingerprint density at radius 3 is 3.00 bits per heavy atom. The third kappa shape index (κ3) is 2.36. The standard InChI is InChI=1S/C15H17N3/c16-15-4-3-13-5-7-18(11-14(13)8-15)10-12-2-1-6-17-9-12/h1-4,6,8-9H,5,7,10-11,16H2. The Bertz CT molecular complexity index is 537. The van der Waals surface area contributed by atoms with Gasteiger partial charge in [0, 0.05) is 37.7 Å². The summed E-state index contributed by atoms with van der Waals surface area (Å²) in [6, 6.07) is 10.4. The van der Waals surface area contributed by atoms with Crippen molar-refractivity contribution in [2.24, 2.45) is 0 Å². The summed E-state index contributed by atoms with van der Waals surface area (Å²) < 4.78 is 0. The van der Waals surface area contributed by atoms with Crippen LogP contribution in [0, 0.1) is 0 Å². The first-order valence-electron chi connectivity index (χ1n) is 6.30. The van der Waals surface area contributed by atoms with Crippen LogP contribution in [0.4, 0.5) is 5.69 Å². The van der Waals surface area contributed by atoms with E-state index >= 15 is 0 Å². The van der Waals surface area contributed by atoms with Gasteiger partial charge in [-0.15, -0.1) is 0 Å². The van der Waals surface area contributed by atoms with Crippen LogP contribution >= 0.6 is 0 Å². The number of rotatable bonds is 2. The molecule has 92 valence electrons. The molecule has 0 bridgehead atoms. The minimum absolute atomic E-state index is 0.858. The first-order chi connectivity index (χ1) is 8.81. The summed E-state index contributed by atoms with van der Waals surface area (Å²) in [4.78, 5) is 6.61. The molecule has 2 heterocycles. The summed E-state index contributed by atoms with van der Waals surface area (Å²) in [5.74, 6) is 0. The van der Waals surface area contributed by atoms with Gasteiger partial charge >= 0.3 is 0 Å². The Morgan fingerprint density at radius 1 is 1.22 bits per heavy atom. The first kappa shape index (κ1) is 11.2. The Labute approximate surface area is 107 Å². The van der Waals surface area contributed by atoms with E-state index in [0.29, 0.717) is 0 Å². The fraction of sp³-hybridized carbons (Fsp3) is 0.267. The van der Waals surface area contributed by atoms with Crippen molar-refractivity contribution in [2.45, 2.75) is 19.5 Å². The van der Waals surface area contributed by atoms with E-state index in [4.69, 9.17) is 5.73 Å². The van der Waals surface area contributed by atoms with Crippen LogP contribution in [0.25, 0.3) is 0 Å². The van der Waals surface area contributed by atoms with E-state index in [-0.39, 0.29) is 0 Å². The van der Waals surface area contributed by atoms with E-state index in [0.717, 1.165) is 31.7 Å². The number of benzene rings is 1. The van der Waals surface area contributed by atoms with Gasteiger partial charge < -0.3 is 5.73 Å². The Hall–Kier alpha value is -1.87. The molecule has 3 rings (SSSR count). The quantitative estimate of drug-likeness (QED) is 0.817. The Kier molecular flexibility index (Phi) is 2.99. The van der Waals surface area contributed by atoms with Crippen molar-refractivity contribution in [3.8, 4) is 0 Å². The van der Waals surface area contributed by atoms with Crippen LogP contribution in [0.3, 0.4) is 0 Å². The molecule has 2 aromatic rings. The summed E-state index contributed by atoms with van der Waals surface area (Å²) >= 11 is 0. The van der Waals surface area contributed by atoms with Crippen LogP contribution < -0.4 is 5.73 Å². The fourth-order valence-corrected chi connectivity index (χ4v) is 2.52. The highest BCUT2D eigenvalue weighted by Crippen LogP contribution is 2.22. The third-order valence-electron chi connectivity index (χ3n) is 3.45.